The number of hydrogen-bond donors (Lipinski definition) is 2. The molecule has 1 aliphatic rings. The Morgan fingerprint density at radius 1 is 0.897 bits per heavy atom. The van der Waals surface area contributed by atoms with Crippen LogP contribution in [-0.2, 0) is 11.2 Å². The van der Waals surface area contributed by atoms with Crippen molar-refractivity contribution in [2.45, 2.75) is 6.42 Å². The number of anilines is 2. The van der Waals surface area contributed by atoms with E-state index in [1.807, 2.05) is 54.6 Å². The maximum Gasteiger partial charge on any atom is 0.258 e. The average molecular weight is 383 g/mol. The zero-order valence-electron chi connectivity index (χ0n) is 16.8. The molecule has 3 aromatic rings. The summed E-state index contributed by atoms with van der Waals surface area (Å²) < 4.78 is 0. The van der Waals surface area contributed by atoms with E-state index >= 15 is 0 Å². The molecule has 0 saturated carbocycles. The summed E-state index contributed by atoms with van der Waals surface area (Å²) in [6, 6.07) is 26.2. The van der Waals surface area contributed by atoms with Gasteiger partial charge >= 0.3 is 0 Å². The summed E-state index contributed by atoms with van der Waals surface area (Å²) in [4.78, 5) is 15.0. The number of nitrogens with one attached hydrogen (secondary N) is 2. The third-order valence-corrected chi connectivity index (χ3v) is 5.06. The van der Waals surface area contributed by atoms with Gasteiger partial charge < -0.3 is 15.5 Å². The van der Waals surface area contributed by atoms with Crippen LogP contribution >= 0.6 is 0 Å². The summed E-state index contributed by atoms with van der Waals surface area (Å²) in [7, 11) is 4.16. The zero-order chi connectivity index (χ0) is 20.2. The Kier molecular flexibility index (Phi) is 5.45. The van der Waals surface area contributed by atoms with E-state index in [1.54, 1.807) is 0 Å². The Morgan fingerprint density at radius 2 is 1.59 bits per heavy atom. The third kappa shape index (κ3) is 4.23. The van der Waals surface area contributed by atoms with Crippen molar-refractivity contribution >= 4 is 28.6 Å². The lowest BCUT2D eigenvalue weighted by Crippen LogP contribution is -2.15. The highest BCUT2D eigenvalue weighted by Gasteiger charge is 2.27. The van der Waals surface area contributed by atoms with Gasteiger partial charge in [-0.3, -0.25) is 4.79 Å². The predicted molar refractivity (Wildman–Crippen MR) is 121 cm³/mol. The summed E-state index contributed by atoms with van der Waals surface area (Å²) in [5.74, 6) is -0.0832. The summed E-state index contributed by atoms with van der Waals surface area (Å²) in [6.07, 6.45) is 1.01. The van der Waals surface area contributed by atoms with Crippen molar-refractivity contribution in [1.29, 1.82) is 0 Å². The summed E-state index contributed by atoms with van der Waals surface area (Å²) in [6.45, 7) is 1.02. The summed E-state index contributed by atoms with van der Waals surface area (Å²) in [5, 5.41) is 6.49. The number of para-hydroxylation sites is 1. The van der Waals surface area contributed by atoms with E-state index < -0.39 is 0 Å². The van der Waals surface area contributed by atoms with Gasteiger partial charge in [0.1, 0.15) is 0 Å². The smallest absolute Gasteiger partial charge is 0.258 e. The molecule has 1 heterocycles. The van der Waals surface area contributed by atoms with E-state index in [1.165, 1.54) is 5.56 Å². The summed E-state index contributed by atoms with van der Waals surface area (Å²) >= 11 is 0. The number of nitrogens with zero attached hydrogens (tertiary/aromatic N) is 1. The molecular weight excluding hydrogens is 358 g/mol. The fraction of sp³-hybridized carbons (Fsp3) is 0.160. The van der Waals surface area contributed by atoms with Crippen LogP contribution in [0.3, 0.4) is 0 Å². The molecule has 0 atom stereocenters. The predicted octanol–water partition coefficient (Wildman–Crippen LogP) is 4.72. The molecule has 0 bridgehead atoms. The van der Waals surface area contributed by atoms with Crippen LogP contribution < -0.4 is 10.6 Å². The van der Waals surface area contributed by atoms with Crippen LogP contribution in [0.5, 0.6) is 0 Å². The largest absolute Gasteiger partial charge is 0.354 e. The number of carbonyl (C=O) groups excluding carboxylic acids is 1. The molecule has 1 amide bonds. The summed E-state index contributed by atoms with van der Waals surface area (Å²) in [5.41, 5.74) is 6.49. The number of amides is 1. The number of hydrogen-bond acceptors (Lipinski definition) is 3. The molecule has 4 nitrogen and oxygen atoms in total. The van der Waals surface area contributed by atoms with Crippen LogP contribution in [0.25, 0.3) is 11.3 Å². The highest BCUT2D eigenvalue weighted by atomic mass is 16.2. The Hall–Kier alpha value is -3.37. The molecule has 29 heavy (non-hydrogen) atoms. The van der Waals surface area contributed by atoms with Crippen LogP contribution in [0.2, 0.25) is 0 Å². The zero-order valence-corrected chi connectivity index (χ0v) is 16.8. The van der Waals surface area contributed by atoms with E-state index in [4.69, 9.17) is 0 Å². The Morgan fingerprint density at radius 3 is 2.31 bits per heavy atom. The van der Waals surface area contributed by atoms with Gasteiger partial charge in [0.05, 0.1) is 11.3 Å². The molecule has 0 saturated heterocycles. The van der Waals surface area contributed by atoms with Crippen LogP contribution in [0, 0.1) is 0 Å². The van der Waals surface area contributed by atoms with Crippen molar-refractivity contribution in [3.63, 3.8) is 0 Å². The van der Waals surface area contributed by atoms with Gasteiger partial charge in [0.25, 0.3) is 5.91 Å². The molecule has 4 heteroatoms. The molecule has 0 radical (unpaired) electrons. The van der Waals surface area contributed by atoms with E-state index in [0.29, 0.717) is 5.57 Å². The van der Waals surface area contributed by atoms with E-state index in [2.05, 4.69) is 53.9 Å². The van der Waals surface area contributed by atoms with Crippen molar-refractivity contribution in [2.75, 3.05) is 31.3 Å². The first-order chi connectivity index (χ1) is 14.1. The highest BCUT2D eigenvalue weighted by Crippen LogP contribution is 2.37. The van der Waals surface area contributed by atoms with E-state index in [-0.39, 0.29) is 5.91 Å². The number of rotatable bonds is 6. The fourth-order valence-electron chi connectivity index (χ4n) is 3.50. The van der Waals surface area contributed by atoms with Gasteiger partial charge in [0, 0.05) is 23.5 Å². The lowest BCUT2D eigenvalue weighted by molar-refractivity contribution is -0.110. The first-order valence-electron chi connectivity index (χ1n) is 9.83. The van der Waals surface area contributed by atoms with Crippen molar-refractivity contribution in [3.05, 3.63) is 95.6 Å². The molecule has 3 aromatic carbocycles. The van der Waals surface area contributed by atoms with Gasteiger partial charge in [-0.25, -0.2) is 0 Å². The van der Waals surface area contributed by atoms with Gasteiger partial charge in [0.2, 0.25) is 0 Å². The highest BCUT2D eigenvalue weighted by molar-refractivity contribution is 6.37. The third-order valence-electron chi connectivity index (χ3n) is 5.06. The molecule has 0 fully saturated rings. The van der Waals surface area contributed by atoms with E-state index in [9.17, 15) is 4.79 Å². The van der Waals surface area contributed by atoms with Crippen molar-refractivity contribution < 1.29 is 4.79 Å². The average Bonchev–Trinajstić information content (AvgIpc) is 3.07. The lowest BCUT2D eigenvalue weighted by Gasteiger charge is -2.15. The molecule has 4 rings (SSSR count). The molecule has 0 aromatic heterocycles. The number of carbonyl (C=O) groups is 1. The number of likely N-dealkylation sites (N-methyl/N-ethyl adjacent to an activating group) is 1. The quantitative estimate of drug-likeness (QED) is 0.605. The topological polar surface area (TPSA) is 44.4 Å². The molecule has 0 unspecified atom stereocenters. The van der Waals surface area contributed by atoms with Gasteiger partial charge in [-0.15, -0.1) is 0 Å². The molecular formula is C25H25N3O. The monoisotopic (exact) mass is 383 g/mol. The Labute approximate surface area is 171 Å². The van der Waals surface area contributed by atoms with Crippen LogP contribution in [0.15, 0.2) is 78.9 Å². The second-order valence-electron chi connectivity index (χ2n) is 7.49. The van der Waals surface area contributed by atoms with Gasteiger partial charge in [-0.1, -0.05) is 60.7 Å². The number of fused-ring (bicyclic) bond motifs is 1. The molecule has 0 spiro atoms. The van der Waals surface area contributed by atoms with Gasteiger partial charge in [-0.2, -0.15) is 0 Å². The van der Waals surface area contributed by atoms with Gasteiger partial charge in [0.15, 0.2) is 0 Å². The minimum atomic E-state index is -0.0832. The normalized spacial score (nSPS) is 14.5. The number of benzene rings is 3. The minimum Gasteiger partial charge on any atom is -0.354 e. The second-order valence-corrected chi connectivity index (χ2v) is 7.49. The van der Waals surface area contributed by atoms with Crippen molar-refractivity contribution in [2.24, 2.45) is 0 Å². The van der Waals surface area contributed by atoms with E-state index in [0.717, 1.165) is 41.2 Å². The Balaban J connectivity index is 1.71. The maximum atomic E-state index is 12.8. The first-order valence-corrected chi connectivity index (χ1v) is 9.83. The first kappa shape index (κ1) is 19.0. The lowest BCUT2D eigenvalue weighted by atomic mass is 10.00. The Bertz CT molecular complexity index is 1040. The SMILES string of the molecule is CN(C)CCc1ccc(NC(=C2C(=O)Nc3ccccc32)c2ccccc2)cc1. The fourth-order valence-corrected chi connectivity index (χ4v) is 3.50. The van der Waals surface area contributed by atoms with Crippen molar-refractivity contribution in [1.82, 2.24) is 4.90 Å². The minimum absolute atomic E-state index is 0.0832. The maximum absolute atomic E-state index is 12.8. The van der Waals surface area contributed by atoms with Crippen LogP contribution in [-0.4, -0.2) is 31.4 Å². The van der Waals surface area contributed by atoms with Crippen molar-refractivity contribution in [3.8, 4) is 0 Å². The molecule has 1 aliphatic heterocycles. The van der Waals surface area contributed by atoms with Crippen LogP contribution in [0.4, 0.5) is 11.4 Å². The molecule has 0 aliphatic carbocycles. The standard InChI is InChI=1S/C25H25N3O/c1-28(2)17-16-18-12-14-20(15-13-18)26-24(19-8-4-3-5-9-19)23-21-10-6-7-11-22(21)27-25(23)29/h3-15,26H,16-17H2,1-2H3,(H,27,29). The van der Waals surface area contributed by atoms with Gasteiger partial charge in [-0.05, 0) is 49.8 Å². The molecule has 146 valence electrons. The van der Waals surface area contributed by atoms with Crippen LogP contribution in [0.1, 0.15) is 16.7 Å². The molecule has 2 N–H and O–H groups in total. The second kappa shape index (κ2) is 8.33.